The summed E-state index contributed by atoms with van der Waals surface area (Å²) in [5.41, 5.74) is 1.87. The molecule has 0 bridgehead atoms. The summed E-state index contributed by atoms with van der Waals surface area (Å²) in [6, 6.07) is 13.8. The third kappa shape index (κ3) is 5.15. The van der Waals surface area contributed by atoms with Crippen LogP contribution in [0.3, 0.4) is 0 Å². The molecule has 0 aliphatic rings. The summed E-state index contributed by atoms with van der Waals surface area (Å²) in [4.78, 5) is 34.4. The molecule has 2 heterocycles. The van der Waals surface area contributed by atoms with Crippen molar-refractivity contribution in [3.63, 3.8) is 0 Å². The number of rotatable bonds is 7. The standard InChI is InChI=1S/C25H23FN4O4/c1-33-22-11-17-10-18(24(31)29-21(17)12-23(22)34-2)15-30(14-16-4-3-9-27-13-16)25(32)28-20-7-5-19(26)6-8-20/h3-13H,14-15H2,1-2H3,(H,28,32)(H,29,31). The molecule has 0 aliphatic carbocycles. The SMILES string of the molecule is COc1cc2cc(CN(Cc3cccnc3)C(=O)Nc3ccc(F)cc3)c(=O)[nH]c2cc1OC. The number of ether oxygens (including phenoxy) is 2. The largest absolute Gasteiger partial charge is 0.493 e. The average molecular weight is 462 g/mol. The van der Waals surface area contributed by atoms with Gasteiger partial charge in [0.15, 0.2) is 11.5 Å². The highest BCUT2D eigenvalue weighted by Crippen LogP contribution is 2.31. The number of anilines is 1. The summed E-state index contributed by atoms with van der Waals surface area (Å²) in [7, 11) is 3.05. The fourth-order valence-corrected chi connectivity index (χ4v) is 3.55. The Morgan fingerprint density at radius 2 is 1.79 bits per heavy atom. The van der Waals surface area contributed by atoms with Crippen LogP contribution in [-0.4, -0.2) is 35.1 Å². The zero-order chi connectivity index (χ0) is 24.1. The molecular formula is C25H23FN4O4. The Hall–Kier alpha value is -4.40. The van der Waals surface area contributed by atoms with Crippen LogP contribution in [0, 0.1) is 5.82 Å². The average Bonchev–Trinajstić information content (AvgIpc) is 2.85. The Balaban J connectivity index is 1.67. The summed E-state index contributed by atoms with van der Waals surface area (Å²) in [6.07, 6.45) is 3.29. The first-order valence-corrected chi connectivity index (χ1v) is 10.4. The molecule has 2 aromatic heterocycles. The first-order valence-electron chi connectivity index (χ1n) is 10.4. The number of fused-ring (bicyclic) bond motifs is 1. The van der Waals surface area contributed by atoms with Gasteiger partial charge in [-0.25, -0.2) is 9.18 Å². The zero-order valence-electron chi connectivity index (χ0n) is 18.7. The van der Waals surface area contributed by atoms with Crippen molar-refractivity contribution >= 4 is 22.6 Å². The molecule has 0 saturated carbocycles. The first kappa shape index (κ1) is 22.8. The van der Waals surface area contributed by atoms with Gasteiger partial charge in [0.2, 0.25) is 0 Å². The van der Waals surface area contributed by atoms with Crippen LogP contribution >= 0.6 is 0 Å². The summed E-state index contributed by atoms with van der Waals surface area (Å²) < 4.78 is 23.9. The van der Waals surface area contributed by atoms with Crippen molar-refractivity contribution in [3.8, 4) is 11.5 Å². The number of nitrogens with zero attached hydrogens (tertiary/aromatic N) is 2. The van der Waals surface area contributed by atoms with Crippen LogP contribution in [0.25, 0.3) is 10.9 Å². The van der Waals surface area contributed by atoms with Crippen molar-refractivity contribution < 1.29 is 18.7 Å². The number of benzene rings is 2. The van der Waals surface area contributed by atoms with Crippen LogP contribution in [0.4, 0.5) is 14.9 Å². The van der Waals surface area contributed by atoms with Crippen LogP contribution in [-0.2, 0) is 13.1 Å². The van der Waals surface area contributed by atoms with Crippen molar-refractivity contribution in [2.75, 3.05) is 19.5 Å². The van der Waals surface area contributed by atoms with Gasteiger partial charge in [0.05, 0.1) is 26.3 Å². The van der Waals surface area contributed by atoms with Gasteiger partial charge in [-0.15, -0.1) is 0 Å². The number of halogens is 1. The fourth-order valence-electron chi connectivity index (χ4n) is 3.55. The number of nitrogens with one attached hydrogen (secondary N) is 2. The number of aromatic nitrogens is 2. The predicted molar refractivity (Wildman–Crippen MR) is 127 cm³/mol. The quantitative estimate of drug-likeness (QED) is 0.427. The fraction of sp³-hybridized carbons (Fsp3) is 0.160. The molecule has 2 amide bonds. The second kappa shape index (κ2) is 10.0. The van der Waals surface area contributed by atoms with Crippen molar-refractivity contribution in [1.29, 1.82) is 0 Å². The summed E-state index contributed by atoms with van der Waals surface area (Å²) in [6.45, 7) is 0.242. The van der Waals surface area contributed by atoms with E-state index in [4.69, 9.17) is 9.47 Å². The molecule has 2 N–H and O–H groups in total. The lowest BCUT2D eigenvalue weighted by Crippen LogP contribution is -2.35. The maximum absolute atomic E-state index is 13.2. The van der Waals surface area contributed by atoms with Gasteiger partial charge in [0, 0.05) is 41.6 Å². The molecule has 0 saturated heterocycles. The third-order valence-electron chi connectivity index (χ3n) is 5.27. The molecule has 34 heavy (non-hydrogen) atoms. The lowest BCUT2D eigenvalue weighted by atomic mass is 10.1. The molecular weight excluding hydrogens is 439 g/mol. The molecule has 0 atom stereocenters. The Morgan fingerprint density at radius 1 is 1.06 bits per heavy atom. The lowest BCUT2D eigenvalue weighted by Gasteiger charge is -2.23. The predicted octanol–water partition coefficient (Wildman–Crippen LogP) is 4.31. The van der Waals surface area contributed by atoms with Crippen LogP contribution in [0.5, 0.6) is 11.5 Å². The highest BCUT2D eigenvalue weighted by atomic mass is 19.1. The van der Waals surface area contributed by atoms with Crippen LogP contribution in [0.2, 0.25) is 0 Å². The van der Waals surface area contributed by atoms with Crippen molar-refractivity contribution in [2.24, 2.45) is 0 Å². The van der Waals surface area contributed by atoms with Gasteiger partial charge in [-0.1, -0.05) is 6.07 Å². The maximum Gasteiger partial charge on any atom is 0.322 e. The molecule has 2 aromatic carbocycles. The van der Waals surface area contributed by atoms with E-state index in [-0.39, 0.29) is 18.6 Å². The molecule has 4 aromatic rings. The molecule has 0 radical (unpaired) electrons. The minimum atomic E-state index is -0.442. The Morgan fingerprint density at radius 3 is 2.47 bits per heavy atom. The number of hydrogen-bond donors (Lipinski definition) is 2. The smallest absolute Gasteiger partial charge is 0.322 e. The summed E-state index contributed by atoms with van der Waals surface area (Å²) in [5.74, 6) is 0.615. The first-order chi connectivity index (χ1) is 16.5. The van der Waals surface area contributed by atoms with E-state index in [2.05, 4.69) is 15.3 Å². The number of carbonyl (C=O) groups is 1. The van der Waals surface area contributed by atoms with Crippen LogP contribution in [0.1, 0.15) is 11.1 Å². The van der Waals surface area contributed by atoms with E-state index in [1.165, 1.54) is 43.4 Å². The molecule has 0 unspecified atom stereocenters. The van der Waals surface area contributed by atoms with Gasteiger partial charge < -0.3 is 24.7 Å². The minimum absolute atomic E-state index is 0.0293. The number of urea groups is 1. The van der Waals surface area contributed by atoms with Crippen LogP contribution < -0.4 is 20.3 Å². The summed E-state index contributed by atoms with van der Waals surface area (Å²) >= 11 is 0. The van der Waals surface area contributed by atoms with E-state index < -0.39 is 11.8 Å². The Kier molecular flexibility index (Phi) is 6.72. The molecule has 9 heteroatoms. The molecule has 174 valence electrons. The molecule has 0 fully saturated rings. The van der Waals surface area contributed by atoms with Crippen molar-refractivity contribution in [3.05, 3.63) is 94.3 Å². The minimum Gasteiger partial charge on any atom is -0.493 e. The van der Waals surface area contributed by atoms with E-state index in [1.54, 1.807) is 36.7 Å². The van der Waals surface area contributed by atoms with Gasteiger partial charge in [-0.3, -0.25) is 9.78 Å². The van der Waals surface area contributed by atoms with Gasteiger partial charge in [0.25, 0.3) is 5.56 Å². The van der Waals surface area contributed by atoms with E-state index in [0.717, 1.165) is 10.9 Å². The van der Waals surface area contributed by atoms with Gasteiger partial charge in [0.1, 0.15) is 5.82 Å². The normalized spacial score (nSPS) is 10.7. The molecule has 8 nitrogen and oxygen atoms in total. The van der Waals surface area contributed by atoms with Crippen LogP contribution in [0.15, 0.2) is 71.8 Å². The topological polar surface area (TPSA) is 96.5 Å². The molecule has 0 aliphatic heterocycles. The van der Waals surface area contributed by atoms with E-state index >= 15 is 0 Å². The highest BCUT2D eigenvalue weighted by Gasteiger charge is 2.18. The van der Waals surface area contributed by atoms with E-state index in [9.17, 15) is 14.0 Å². The molecule has 4 rings (SSSR count). The van der Waals surface area contributed by atoms with Gasteiger partial charge in [-0.05, 0) is 48.0 Å². The number of carbonyl (C=O) groups excluding carboxylic acids is 1. The number of methoxy groups -OCH3 is 2. The lowest BCUT2D eigenvalue weighted by molar-refractivity contribution is 0.206. The number of amides is 2. The van der Waals surface area contributed by atoms with Crippen molar-refractivity contribution in [2.45, 2.75) is 13.1 Å². The van der Waals surface area contributed by atoms with Gasteiger partial charge >= 0.3 is 6.03 Å². The number of hydrogen-bond acceptors (Lipinski definition) is 5. The number of H-pyrrole nitrogens is 1. The number of aromatic amines is 1. The van der Waals surface area contributed by atoms with E-state index in [0.29, 0.717) is 28.3 Å². The second-order valence-corrected chi connectivity index (χ2v) is 7.57. The Bertz CT molecular complexity index is 1360. The molecule has 0 spiro atoms. The zero-order valence-corrected chi connectivity index (χ0v) is 18.7. The maximum atomic E-state index is 13.2. The third-order valence-corrected chi connectivity index (χ3v) is 5.27. The van der Waals surface area contributed by atoms with E-state index in [1.807, 2.05) is 6.07 Å². The second-order valence-electron chi connectivity index (χ2n) is 7.57. The Labute approximate surface area is 195 Å². The van der Waals surface area contributed by atoms with Crippen molar-refractivity contribution in [1.82, 2.24) is 14.9 Å². The number of pyridine rings is 2. The highest BCUT2D eigenvalue weighted by molar-refractivity contribution is 5.89. The summed E-state index contributed by atoms with van der Waals surface area (Å²) in [5, 5.41) is 3.48. The monoisotopic (exact) mass is 462 g/mol. The van der Waals surface area contributed by atoms with Gasteiger partial charge in [-0.2, -0.15) is 0 Å².